The molecule has 0 aromatic carbocycles. The molecule has 0 aliphatic heterocycles. The molecule has 0 aliphatic carbocycles. The third kappa shape index (κ3) is 2.88. The van der Waals surface area contributed by atoms with Gasteiger partial charge in [-0.1, -0.05) is 0 Å². The van der Waals surface area contributed by atoms with E-state index in [2.05, 4.69) is 25.8 Å². The van der Waals surface area contributed by atoms with Gasteiger partial charge in [-0.05, 0) is 6.07 Å². The molecule has 2 aromatic rings. The van der Waals surface area contributed by atoms with E-state index in [0.717, 1.165) is 6.20 Å². The Kier molecular flexibility index (Phi) is 3.46. The fourth-order valence-electron chi connectivity index (χ4n) is 1.28. The minimum atomic E-state index is -0.524. The van der Waals surface area contributed by atoms with Crippen molar-refractivity contribution >= 4 is 11.8 Å². The lowest BCUT2D eigenvalue weighted by atomic mass is 10.5. The van der Waals surface area contributed by atoms with Crippen molar-refractivity contribution in [2.24, 2.45) is 5.84 Å². The van der Waals surface area contributed by atoms with Gasteiger partial charge in [-0.2, -0.15) is 10.1 Å². The van der Waals surface area contributed by atoms with E-state index in [9.17, 15) is 4.39 Å². The van der Waals surface area contributed by atoms with Gasteiger partial charge in [0.25, 0.3) is 0 Å². The average Bonchev–Trinajstić information content (AvgIpc) is 2.84. The monoisotopic (exact) mass is 237 g/mol. The number of rotatable bonds is 5. The first kappa shape index (κ1) is 11.3. The van der Waals surface area contributed by atoms with Crippen LogP contribution in [-0.4, -0.2) is 26.3 Å². The summed E-state index contributed by atoms with van der Waals surface area (Å²) in [7, 11) is 0. The number of nitrogens with one attached hydrogen (secondary N) is 2. The molecule has 17 heavy (non-hydrogen) atoms. The Hall–Kier alpha value is -2.22. The van der Waals surface area contributed by atoms with Crippen LogP contribution in [0.3, 0.4) is 0 Å². The number of nitrogens with zero attached hydrogens (tertiary/aromatic N) is 4. The Morgan fingerprint density at radius 1 is 1.47 bits per heavy atom. The van der Waals surface area contributed by atoms with E-state index >= 15 is 0 Å². The SMILES string of the molecule is NNc1ncc(F)c(NCCn2cccn2)n1. The number of hydrogen-bond donors (Lipinski definition) is 3. The maximum absolute atomic E-state index is 13.3. The second kappa shape index (κ2) is 5.21. The summed E-state index contributed by atoms with van der Waals surface area (Å²) in [5, 5.41) is 6.86. The van der Waals surface area contributed by atoms with Crippen LogP contribution in [0.1, 0.15) is 0 Å². The molecule has 0 bridgehead atoms. The highest BCUT2D eigenvalue weighted by molar-refractivity contribution is 5.40. The average molecular weight is 237 g/mol. The summed E-state index contributed by atoms with van der Waals surface area (Å²) in [5.41, 5.74) is 2.25. The molecule has 0 radical (unpaired) electrons. The summed E-state index contributed by atoms with van der Waals surface area (Å²) in [6, 6.07) is 1.82. The fourth-order valence-corrected chi connectivity index (χ4v) is 1.28. The number of nitrogen functional groups attached to an aromatic ring is 1. The molecule has 90 valence electrons. The van der Waals surface area contributed by atoms with Gasteiger partial charge >= 0.3 is 0 Å². The van der Waals surface area contributed by atoms with Crippen molar-refractivity contribution in [2.75, 3.05) is 17.3 Å². The Morgan fingerprint density at radius 2 is 2.35 bits per heavy atom. The topological polar surface area (TPSA) is 93.7 Å². The zero-order valence-corrected chi connectivity index (χ0v) is 8.97. The van der Waals surface area contributed by atoms with Crippen molar-refractivity contribution in [2.45, 2.75) is 6.54 Å². The molecule has 4 N–H and O–H groups in total. The van der Waals surface area contributed by atoms with E-state index in [1.165, 1.54) is 0 Å². The molecule has 7 nitrogen and oxygen atoms in total. The first-order valence-electron chi connectivity index (χ1n) is 5.00. The van der Waals surface area contributed by atoms with E-state index < -0.39 is 5.82 Å². The van der Waals surface area contributed by atoms with Crippen LogP contribution in [0.25, 0.3) is 0 Å². The number of hydrogen-bond acceptors (Lipinski definition) is 6. The summed E-state index contributed by atoms with van der Waals surface area (Å²) >= 11 is 0. The number of halogens is 1. The van der Waals surface area contributed by atoms with Crippen LogP contribution in [0.4, 0.5) is 16.2 Å². The van der Waals surface area contributed by atoms with Gasteiger partial charge in [-0.3, -0.25) is 10.1 Å². The highest BCUT2D eigenvalue weighted by Gasteiger charge is 2.05. The van der Waals surface area contributed by atoms with Gasteiger partial charge in [-0.15, -0.1) is 0 Å². The maximum Gasteiger partial charge on any atom is 0.239 e. The van der Waals surface area contributed by atoms with Gasteiger partial charge in [0.05, 0.1) is 12.7 Å². The molecule has 8 heteroatoms. The van der Waals surface area contributed by atoms with Gasteiger partial charge in [0.1, 0.15) is 0 Å². The predicted molar refractivity (Wildman–Crippen MR) is 60.5 cm³/mol. The molecule has 0 amide bonds. The standard InChI is InChI=1S/C9H12FN7/c10-7-6-13-9(16-11)15-8(7)12-3-5-17-4-1-2-14-17/h1-2,4,6H,3,5,11H2,(H2,12,13,15,16). The van der Waals surface area contributed by atoms with E-state index in [-0.39, 0.29) is 11.8 Å². The van der Waals surface area contributed by atoms with Crippen molar-refractivity contribution in [3.63, 3.8) is 0 Å². The maximum atomic E-state index is 13.3. The first-order chi connectivity index (χ1) is 8.29. The van der Waals surface area contributed by atoms with Crippen LogP contribution < -0.4 is 16.6 Å². The van der Waals surface area contributed by atoms with E-state index in [1.54, 1.807) is 10.9 Å². The smallest absolute Gasteiger partial charge is 0.239 e. The minimum absolute atomic E-state index is 0.111. The molecule has 2 heterocycles. The second-order valence-electron chi connectivity index (χ2n) is 3.23. The number of aromatic nitrogens is 4. The lowest BCUT2D eigenvalue weighted by Gasteiger charge is -2.07. The molecule has 0 spiro atoms. The van der Waals surface area contributed by atoms with Crippen molar-refractivity contribution in [1.82, 2.24) is 19.7 Å². The van der Waals surface area contributed by atoms with Crippen molar-refractivity contribution in [1.29, 1.82) is 0 Å². The lowest BCUT2D eigenvalue weighted by Crippen LogP contribution is -2.15. The number of hydrazine groups is 1. The molecule has 2 rings (SSSR count). The van der Waals surface area contributed by atoms with Crippen LogP contribution in [0.5, 0.6) is 0 Å². The Labute approximate surface area is 96.8 Å². The van der Waals surface area contributed by atoms with E-state index in [1.807, 2.05) is 12.3 Å². The predicted octanol–water partition coefficient (Wildman–Crippen LogP) is 0.210. The molecule has 2 aromatic heterocycles. The molecule has 0 saturated heterocycles. The van der Waals surface area contributed by atoms with Gasteiger partial charge in [-0.25, -0.2) is 15.2 Å². The van der Waals surface area contributed by atoms with E-state index in [4.69, 9.17) is 5.84 Å². The quantitative estimate of drug-likeness (QED) is 0.508. The van der Waals surface area contributed by atoms with Crippen LogP contribution in [0.2, 0.25) is 0 Å². The number of anilines is 2. The van der Waals surface area contributed by atoms with Gasteiger partial charge < -0.3 is 5.32 Å². The Morgan fingerprint density at radius 3 is 3.06 bits per heavy atom. The summed E-state index contributed by atoms with van der Waals surface area (Å²) in [5.74, 6) is 4.88. The highest BCUT2D eigenvalue weighted by atomic mass is 19.1. The van der Waals surface area contributed by atoms with Crippen LogP contribution >= 0.6 is 0 Å². The fraction of sp³-hybridized carbons (Fsp3) is 0.222. The third-order valence-corrected chi connectivity index (χ3v) is 2.07. The summed E-state index contributed by atoms with van der Waals surface area (Å²) in [6.07, 6.45) is 4.56. The molecule has 0 unspecified atom stereocenters. The third-order valence-electron chi connectivity index (χ3n) is 2.07. The highest BCUT2D eigenvalue weighted by Crippen LogP contribution is 2.10. The van der Waals surface area contributed by atoms with E-state index in [0.29, 0.717) is 13.1 Å². The second-order valence-corrected chi connectivity index (χ2v) is 3.23. The van der Waals surface area contributed by atoms with Crippen molar-refractivity contribution in [3.8, 4) is 0 Å². The van der Waals surface area contributed by atoms with Gasteiger partial charge in [0.15, 0.2) is 11.6 Å². The molecular formula is C9H12FN7. The largest absolute Gasteiger partial charge is 0.366 e. The van der Waals surface area contributed by atoms with Crippen LogP contribution in [0, 0.1) is 5.82 Å². The van der Waals surface area contributed by atoms with Crippen molar-refractivity contribution < 1.29 is 4.39 Å². The minimum Gasteiger partial charge on any atom is -0.366 e. The first-order valence-corrected chi connectivity index (χ1v) is 5.00. The van der Waals surface area contributed by atoms with Gasteiger partial charge in [0, 0.05) is 18.9 Å². The molecular weight excluding hydrogens is 225 g/mol. The van der Waals surface area contributed by atoms with Crippen LogP contribution in [-0.2, 0) is 6.54 Å². The number of nitrogens with two attached hydrogens (primary N) is 1. The summed E-state index contributed by atoms with van der Waals surface area (Å²) in [6.45, 7) is 1.11. The molecule has 0 fully saturated rings. The summed E-state index contributed by atoms with van der Waals surface area (Å²) < 4.78 is 15.0. The molecule has 0 aliphatic rings. The normalized spacial score (nSPS) is 10.2. The lowest BCUT2D eigenvalue weighted by molar-refractivity contribution is 0.607. The summed E-state index contributed by atoms with van der Waals surface area (Å²) in [4.78, 5) is 7.48. The Bertz CT molecular complexity index is 470. The zero-order chi connectivity index (χ0) is 12.1. The zero-order valence-electron chi connectivity index (χ0n) is 8.97. The molecule has 0 saturated carbocycles. The Balaban J connectivity index is 1.94. The van der Waals surface area contributed by atoms with Crippen LogP contribution in [0.15, 0.2) is 24.7 Å². The van der Waals surface area contributed by atoms with Gasteiger partial charge in [0.2, 0.25) is 5.95 Å². The van der Waals surface area contributed by atoms with Crippen molar-refractivity contribution in [3.05, 3.63) is 30.5 Å². The molecule has 0 atom stereocenters.